The summed E-state index contributed by atoms with van der Waals surface area (Å²) in [5.74, 6) is -9.53. The van der Waals surface area contributed by atoms with Crippen LogP contribution >= 0.6 is 0 Å². The number of alkyl halides is 2. The Morgan fingerprint density at radius 1 is 0.947 bits per heavy atom. The maximum Gasteiger partial charge on any atom is 0.267 e. The number of carbonyl (C=O) groups is 3. The molecule has 0 aliphatic carbocycles. The molecule has 2 aliphatic heterocycles. The Kier molecular flexibility index (Phi) is 7.68. The van der Waals surface area contributed by atoms with Crippen molar-refractivity contribution in [2.75, 3.05) is 31.1 Å². The van der Waals surface area contributed by atoms with Gasteiger partial charge in [-0.3, -0.25) is 14.4 Å². The Morgan fingerprint density at radius 3 is 2.34 bits per heavy atom. The van der Waals surface area contributed by atoms with Crippen molar-refractivity contribution in [1.29, 1.82) is 0 Å². The standard InChI is InChI=1S/C25H24F6N4O3/c26-16-2-1-14-10-34(22(36)8-17(32)5-15-6-19(28)20(29)9-18(15)27)11-24(38)35(21(14)7-16)12-23(37)33-4-3-25(30,31)13-33/h1-2,6-7,9,17H,3-5,8,10-13,32H2/t17-/m1/s1. The third-order valence-electron chi connectivity index (χ3n) is 6.50. The molecule has 0 radical (unpaired) electrons. The Labute approximate surface area is 213 Å². The maximum atomic E-state index is 14.1. The van der Waals surface area contributed by atoms with E-state index in [0.717, 1.165) is 26.8 Å². The monoisotopic (exact) mass is 542 g/mol. The number of rotatable bonds is 6. The molecule has 2 aromatic rings. The second kappa shape index (κ2) is 10.6. The maximum absolute atomic E-state index is 14.1. The molecule has 4 rings (SSSR count). The summed E-state index contributed by atoms with van der Waals surface area (Å²) >= 11 is 0. The fourth-order valence-electron chi connectivity index (χ4n) is 4.53. The summed E-state index contributed by atoms with van der Waals surface area (Å²) < 4.78 is 81.9. The number of halogens is 6. The van der Waals surface area contributed by atoms with E-state index in [1.165, 1.54) is 6.07 Å². The lowest BCUT2D eigenvalue weighted by atomic mass is 10.0. The summed E-state index contributed by atoms with van der Waals surface area (Å²) in [7, 11) is 0. The van der Waals surface area contributed by atoms with Crippen LogP contribution in [0.4, 0.5) is 32.0 Å². The molecule has 13 heteroatoms. The lowest BCUT2D eigenvalue weighted by Gasteiger charge is -2.25. The molecular formula is C25H24F6N4O3. The van der Waals surface area contributed by atoms with Crippen LogP contribution in [0.1, 0.15) is 24.0 Å². The number of carbonyl (C=O) groups excluding carboxylic acids is 3. The Balaban J connectivity index is 1.49. The van der Waals surface area contributed by atoms with Crippen molar-refractivity contribution >= 4 is 23.4 Å². The highest BCUT2D eigenvalue weighted by atomic mass is 19.3. The summed E-state index contributed by atoms with van der Waals surface area (Å²) in [5.41, 5.74) is 6.08. The zero-order valence-corrected chi connectivity index (χ0v) is 20.0. The number of likely N-dealkylation sites (tertiary alicyclic amines) is 1. The Morgan fingerprint density at radius 2 is 1.66 bits per heavy atom. The van der Waals surface area contributed by atoms with Gasteiger partial charge in [0.15, 0.2) is 11.6 Å². The number of nitrogens with two attached hydrogens (primary N) is 1. The van der Waals surface area contributed by atoms with Crippen molar-refractivity contribution in [1.82, 2.24) is 9.80 Å². The highest BCUT2D eigenvalue weighted by molar-refractivity contribution is 6.02. The molecule has 38 heavy (non-hydrogen) atoms. The molecule has 0 bridgehead atoms. The van der Waals surface area contributed by atoms with E-state index in [1.54, 1.807) is 0 Å². The van der Waals surface area contributed by atoms with Crippen molar-refractivity contribution in [2.45, 2.75) is 37.8 Å². The minimum Gasteiger partial charge on any atom is -0.335 e. The van der Waals surface area contributed by atoms with Gasteiger partial charge in [-0.05, 0) is 35.7 Å². The highest BCUT2D eigenvalue weighted by Crippen LogP contribution is 2.30. The van der Waals surface area contributed by atoms with Gasteiger partial charge in [-0.15, -0.1) is 0 Å². The molecule has 1 fully saturated rings. The van der Waals surface area contributed by atoms with Gasteiger partial charge in [-0.25, -0.2) is 26.3 Å². The molecule has 0 unspecified atom stereocenters. The van der Waals surface area contributed by atoms with E-state index >= 15 is 0 Å². The topological polar surface area (TPSA) is 87.0 Å². The third kappa shape index (κ3) is 6.09. The smallest absolute Gasteiger partial charge is 0.267 e. The average Bonchev–Trinajstić information content (AvgIpc) is 3.14. The summed E-state index contributed by atoms with van der Waals surface area (Å²) in [6, 6.07) is 3.48. The van der Waals surface area contributed by atoms with E-state index in [4.69, 9.17) is 5.73 Å². The van der Waals surface area contributed by atoms with E-state index in [1.807, 2.05) is 0 Å². The zero-order chi connectivity index (χ0) is 27.8. The molecule has 204 valence electrons. The Bertz CT molecular complexity index is 1270. The molecular weight excluding hydrogens is 518 g/mol. The van der Waals surface area contributed by atoms with Crippen LogP contribution in [0.25, 0.3) is 0 Å². The van der Waals surface area contributed by atoms with Crippen molar-refractivity contribution in [3.05, 3.63) is 64.7 Å². The van der Waals surface area contributed by atoms with Crippen molar-refractivity contribution in [3.63, 3.8) is 0 Å². The second-order valence-electron chi connectivity index (χ2n) is 9.45. The second-order valence-corrected chi connectivity index (χ2v) is 9.45. The predicted octanol–water partition coefficient (Wildman–Crippen LogP) is 2.75. The number of nitrogens with zero attached hydrogens (tertiary/aromatic N) is 3. The van der Waals surface area contributed by atoms with Gasteiger partial charge in [0.05, 0.1) is 12.2 Å². The molecule has 1 saturated heterocycles. The molecule has 0 saturated carbocycles. The molecule has 0 spiro atoms. The molecule has 0 aromatic heterocycles. The van der Waals surface area contributed by atoms with Crippen LogP contribution in [0, 0.1) is 23.3 Å². The normalized spacial score (nSPS) is 17.9. The van der Waals surface area contributed by atoms with Crippen molar-refractivity contribution < 1.29 is 40.7 Å². The number of fused-ring (bicyclic) bond motifs is 1. The van der Waals surface area contributed by atoms with Gasteiger partial charge >= 0.3 is 0 Å². The van der Waals surface area contributed by atoms with Gasteiger partial charge in [0.1, 0.15) is 24.7 Å². The summed E-state index contributed by atoms with van der Waals surface area (Å²) in [5, 5.41) is 0. The third-order valence-corrected chi connectivity index (χ3v) is 6.50. The van der Waals surface area contributed by atoms with Crippen LogP contribution in [0.3, 0.4) is 0 Å². The highest BCUT2D eigenvalue weighted by Gasteiger charge is 2.41. The van der Waals surface area contributed by atoms with Gasteiger partial charge < -0.3 is 20.4 Å². The van der Waals surface area contributed by atoms with Gasteiger partial charge in [-0.1, -0.05) is 6.07 Å². The van der Waals surface area contributed by atoms with Gasteiger partial charge in [0.25, 0.3) is 5.92 Å². The predicted molar refractivity (Wildman–Crippen MR) is 123 cm³/mol. The minimum atomic E-state index is -3.03. The number of hydrogen-bond donors (Lipinski definition) is 1. The summed E-state index contributed by atoms with van der Waals surface area (Å²) in [6.07, 6.45) is -1.18. The molecule has 7 nitrogen and oxygen atoms in total. The molecule has 2 N–H and O–H groups in total. The van der Waals surface area contributed by atoms with Crippen molar-refractivity contribution in [2.24, 2.45) is 5.73 Å². The van der Waals surface area contributed by atoms with Crippen LogP contribution in [0.2, 0.25) is 0 Å². The average molecular weight is 542 g/mol. The van der Waals surface area contributed by atoms with Crippen LogP contribution < -0.4 is 10.6 Å². The first-order valence-electron chi connectivity index (χ1n) is 11.7. The van der Waals surface area contributed by atoms with E-state index in [0.29, 0.717) is 17.7 Å². The lowest BCUT2D eigenvalue weighted by Crippen LogP contribution is -2.46. The number of amides is 3. The van der Waals surface area contributed by atoms with E-state index in [-0.39, 0.29) is 37.2 Å². The van der Waals surface area contributed by atoms with Crippen LogP contribution in [-0.4, -0.2) is 65.7 Å². The SMILES string of the molecule is N[C@@H](CC(=O)N1CC(=O)N(CC(=O)N2CCC(F)(F)C2)c2cc(F)ccc2C1)Cc1cc(F)c(F)cc1F. The van der Waals surface area contributed by atoms with Crippen LogP contribution in [-0.2, 0) is 27.3 Å². The van der Waals surface area contributed by atoms with Crippen LogP contribution in [0.5, 0.6) is 0 Å². The number of anilines is 1. The molecule has 2 heterocycles. The number of benzene rings is 2. The first-order chi connectivity index (χ1) is 17.8. The summed E-state index contributed by atoms with van der Waals surface area (Å²) in [6.45, 7) is -2.28. The summed E-state index contributed by atoms with van der Waals surface area (Å²) in [4.78, 5) is 41.8. The van der Waals surface area contributed by atoms with Gasteiger partial charge in [-0.2, -0.15) is 0 Å². The van der Waals surface area contributed by atoms with Gasteiger partial charge in [0.2, 0.25) is 17.7 Å². The van der Waals surface area contributed by atoms with Gasteiger partial charge in [0, 0.05) is 38.0 Å². The van der Waals surface area contributed by atoms with Crippen molar-refractivity contribution in [3.8, 4) is 0 Å². The van der Waals surface area contributed by atoms with Crippen LogP contribution in [0.15, 0.2) is 30.3 Å². The van der Waals surface area contributed by atoms with E-state index in [2.05, 4.69) is 0 Å². The number of hydrogen-bond acceptors (Lipinski definition) is 4. The molecule has 1 atom stereocenters. The Hall–Kier alpha value is -3.61. The first-order valence-corrected chi connectivity index (χ1v) is 11.7. The molecule has 2 aromatic carbocycles. The molecule has 2 aliphatic rings. The lowest BCUT2D eigenvalue weighted by molar-refractivity contribution is -0.136. The first kappa shape index (κ1) is 27.4. The minimum absolute atomic E-state index is 0.0257. The quantitative estimate of drug-likeness (QED) is 0.450. The molecule has 3 amide bonds. The van der Waals surface area contributed by atoms with E-state index in [9.17, 15) is 40.7 Å². The van der Waals surface area contributed by atoms with E-state index < -0.39 is 79.0 Å². The fourth-order valence-corrected chi connectivity index (χ4v) is 4.53. The fraction of sp³-hybridized carbons (Fsp3) is 0.400. The zero-order valence-electron chi connectivity index (χ0n) is 20.0. The largest absolute Gasteiger partial charge is 0.335 e.